The van der Waals surface area contributed by atoms with E-state index in [2.05, 4.69) is 5.32 Å². The highest BCUT2D eigenvalue weighted by atomic mass is 35.5. The van der Waals surface area contributed by atoms with E-state index in [-0.39, 0.29) is 12.4 Å². The second-order valence-corrected chi connectivity index (χ2v) is 2.96. The largest absolute Gasteiger partial charge is 0.710 e. The fourth-order valence-corrected chi connectivity index (χ4v) is 1.24. The van der Waals surface area contributed by atoms with Gasteiger partial charge >= 0.3 is 0 Å². The third kappa shape index (κ3) is 2.94. The zero-order chi connectivity index (χ0) is 9.14. The molecule has 0 radical (unpaired) electrons. The number of rotatable bonds is 2. The molecule has 3 nitrogen and oxygen atoms in total. The number of halogens is 2. The van der Waals surface area contributed by atoms with Gasteiger partial charge in [-0.25, -0.2) is 4.73 Å². The number of pyridine rings is 1. The number of anilines is 1. The fraction of sp³-hybridized carbons (Fsp3) is 0.375. The molecule has 0 bridgehead atoms. The Morgan fingerprint density at radius 3 is 2.69 bits per heavy atom. The molecule has 0 unspecified atom stereocenters. The van der Waals surface area contributed by atoms with Crippen LogP contribution in [0.2, 0.25) is 5.02 Å². The van der Waals surface area contributed by atoms with Gasteiger partial charge in [-0.05, 0) is 19.9 Å². The van der Waals surface area contributed by atoms with Crippen molar-refractivity contribution in [1.29, 1.82) is 0 Å². The number of nitrogens with zero attached hydrogens (tertiary/aromatic N) is 1. The molecule has 0 amide bonds. The third-order valence-corrected chi connectivity index (χ3v) is 1.74. The molecule has 0 saturated carbocycles. The summed E-state index contributed by atoms with van der Waals surface area (Å²) >= 11 is 5.77. The lowest BCUT2D eigenvalue weighted by molar-refractivity contribution is -0.597. The van der Waals surface area contributed by atoms with Gasteiger partial charge in [0.15, 0.2) is 0 Å². The van der Waals surface area contributed by atoms with Gasteiger partial charge in [0.05, 0.1) is 11.6 Å². The summed E-state index contributed by atoms with van der Waals surface area (Å²) in [5, 5.41) is 14.8. The van der Waals surface area contributed by atoms with Crippen molar-refractivity contribution in [3.05, 3.63) is 28.1 Å². The number of hydrogen-bond donors (Lipinski definition) is 1. The smallest absolute Gasteiger partial charge is 0.279 e. The summed E-state index contributed by atoms with van der Waals surface area (Å²) in [6.45, 7) is 4.36. The monoisotopic (exact) mass is 222 g/mol. The SMILES string of the molecule is CCNc1cc(Cl)cc(C)[n+]1[O-].Cl. The minimum atomic E-state index is 0. The van der Waals surface area contributed by atoms with E-state index in [9.17, 15) is 5.21 Å². The molecule has 1 rings (SSSR count). The van der Waals surface area contributed by atoms with E-state index in [1.807, 2.05) is 6.92 Å². The van der Waals surface area contributed by atoms with Crippen molar-refractivity contribution in [3.8, 4) is 0 Å². The Morgan fingerprint density at radius 2 is 2.15 bits per heavy atom. The molecular weight excluding hydrogens is 211 g/mol. The summed E-state index contributed by atoms with van der Waals surface area (Å²) in [6, 6.07) is 3.25. The van der Waals surface area contributed by atoms with Crippen LogP contribution in [-0.2, 0) is 0 Å². The lowest BCUT2D eigenvalue weighted by Crippen LogP contribution is -2.34. The third-order valence-electron chi connectivity index (χ3n) is 1.52. The van der Waals surface area contributed by atoms with Crippen molar-refractivity contribution in [2.75, 3.05) is 11.9 Å². The van der Waals surface area contributed by atoms with Crippen LogP contribution in [-0.4, -0.2) is 6.54 Å². The van der Waals surface area contributed by atoms with Gasteiger partial charge in [0.1, 0.15) is 5.69 Å². The maximum Gasteiger partial charge on any atom is 0.279 e. The van der Waals surface area contributed by atoms with Crippen molar-refractivity contribution in [2.24, 2.45) is 0 Å². The number of hydrogen-bond acceptors (Lipinski definition) is 2. The molecule has 0 fully saturated rings. The van der Waals surface area contributed by atoms with Gasteiger partial charge in [-0.1, -0.05) is 11.6 Å². The van der Waals surface area contributed by atoms with Crippen LogP contribution in [0, 0.1) is 12.1 Å². The first-order valence-electron chi connectivity index (χ1n) is 3.78. The lowest BCUT2D eigenvalue weighted by Gasteiger charge is -2.11. The van der Waals surface area contributed by atoms with Gasteiger partial charge in [0.2, 0.25) is 0 Å². The van der Waals surface area contributed by atoms with Crippen LogP contribution in [0.15, 0.2) is 12.1 Å². The summed E-state index contributed by atoms with van der Waals surface area (Å²) in [5.74, 6) is 0.502. The van der Waals surface area contributed by atoms with Gasteiger partial charge in [-0.3, -0.25) is 5.32 Å². The Labute approximate surface area is 88.7 Å². The first kappa shape index (κ1) is 12.3. The minimum Gasteiger partial charge on any atom is -0.710 e. The highest BCUT2D eigenvalue weighted by Gasteiger charge is 2.05. The quantitative estimate of drug-likeness (QED) is 0.616. The van der Waals surface area contributed by atoms with Crippen LogP contribution >= 0.6 is 24.0 Å². The lowest BCUT2D eigenvalue weighted by atomic mass is 10.3. The zero-order valence-electron chi connectivity index (χ0n) is 7.50. The molecule has 1 aromatic heterocycles. The van der Waals surface area contributed by atoms with Crippen LogP contribution < -0.4 is 10.0 Å². The van der Waals surface area contributed by atoms with Crippen molar-refractivity contribution >= 4 is 29.8 Å². The van der Waals surface area contributed by atoms with E-state index in [1.54, 1.807) is 19.1 Å². The standard InChI is InChI=1S/C8H11ClN2O.ClH/c1-3-10-8-5-7(9)4-6(2)11(8)12;/h4-5,10H,3H2,1-2H3;1H. The second-order valence-electron chi connectivity index (χ2n) is 2.52. The first-order chi connectivity index (χ1) is 5.65. The van der Waals surface area contributed by atoms with Gasteiger partial charge in [0.25, 0.3) is 5.82 Å². The van der Waals surface area contributed by atoms with Gasteiger partial charge in [0, 0.05) is 6.07 Å². The summed E-state index contributed by atoms with van der Waals surface area (Å²) in [7, 11) is 0. The molecule has 0 atom stereocenters. The molecule has 0 saturated heterocycles. The maximum atomic E-state index is 11.3. The molecule has 1 heterocycles. The molecule has 0 aliphatic heterocycles. The molecule has 0 aliphatic rings. The minimum absolute atomic E-state index is 0. The predicted molar refractivity (Wildman–Crippen MR) is 56.6 cm³/mol. The molecule has 1 N–H and O–H groups in total. The van der Waals surface area contributed by atoms with Crippen LogP contribution in [0.1, 0.15) is 12.6 Å². The summed E-state index contributed by atoms with van der Waals surface area (Å²) in [4.78, 5) is 0. The Morgan fingerprint density at radius 1 is 1.54 bits per heavy atom. The average Bonchev–Trinajstić information content (AvgIpc) is 2.00. The normalized spacial score (nSPS) is 9.15. The molecule has 13 heavy (non-hydrogen) atoms. The topological polar surface area (TPSA) is 39.0 Å². The van der Waals surface area contributed by atoms with E-state index >= 15 is 0 Å². The number of aromatic nitrogens is 1. The fourth-order valence-electron chi connectivity index (χ4n) is 0.983. The van der Waals surface area contributed by atoms with Gasteiger partial charge in [-0.2, -0.15) is 0 Å². The molecular formula is C8H12Cl2N2O. The average molecular weight is 223 g/mol. The molecule has 0 spiro atoms. The van der Waals surface area contributed by atoms with Crippen molar-refractivity contribution in [3.63, 3.8) is 0 Å². The first-order valence-corrected chi connectivity index (χ1v) is 4.16. The highest BCUT2D eigenvalue weighted by molar-refractivity contribution is 6.30. The Hall–Kier alpha value is -0.670. The highest BCUT2D eigenvalue weighted by Crippen LogP contribution is 2.12. The van der Waals surface area contributed by atoms with Crippen molar-refractivity contribution < 1.29 is 4.73 Å². The summed E-state index contributed by atoms with van der Waals surface area (Å²) in [6.07, 6.45) is 0. The van der Waals surface area contributed by atoms with Crippen LogP contribution in [0.25, 0.3) is 0 Å². The molecule has 5 heteroatoms. The van der Waals surface area contributed by atoms with Crippen molar-refractivity contribution in [2.45, 2.75) is 13.8 Å². The Bertz CT molecular complexity index is 292. The molecule has 1 aromatic rings. The van der Waals surface area contributed by atoms with E-state index < -0.39 is 0 Å². The predicted octanol–water partition coefficient (Wildman–Crippen LogP) is 2.14. The molecule has 0 aromatic carbocycles. The Kier molecular flexibility index (Phi) is 4.88. The van der Waals surface area contributed by atoms with Crippen molar-refractivity contribution in [1.82, 2.24) is 0 Å². The Balaban J connectivity index is 0.00000144. The van der Waals surface area contributed by atoms with E-state index in [0.29, 0.717) is 23.1 Å². The van der Waals surface area contributed by atoms with E-state index in [4.69, 9.17) is 11.6 Å². The number of aryl methyl sites for hydroxylation is 1. The summed E-state index contributed by atoms with van der Waals surface area (Å²) in [5.41, 5.74) is 0.596. The van der Waals surface area contributed by atoms with E-state index in [0.717, 1.165) is 4.73 Å². The van der Waals surface area contributed by atoms with Crippen LogP contribution in [0.4, 0.5) is 5.82 Å². The maximum absolute atomic E-state index is 11.3. The number of nitrogens with one attached hydrogen (secondary N) is 1. The van der Waals surface area contributed by atoms with Crippen LogP contribution in [0.5, 0.6) is 0 Å². The van der Waals surface area contributed by atoms with Gasteiger partial charge < -0.3 is 5.21 Å². The van der Waals surface area contributed by atoms with Gasteiger partial charge in [-0.15, -0.1) is 12.4 Å². The second kappa shape index (κ2) is 5.14. The molecule has 74 valence electrons. The van der Waals surface area contributed by atoms with E-state index in [1.165, 1.54) is 0 Å². The molecule has 0 aliphatic carbocycles. The van der Waals surface area contributed by atoms with Crippen LogP contribution in [0.3, 0.4) is 0 Å². The zero-order valence-corrected chi connectivity index (χ0v) is 9.08. The summed E-state index contributed by atoms with van der Waals surface area (Å²) < 4.78 is 0.829.